The summed E-state index contributed by atoms with van der Waals surface area (Å²) < 4.78 is 5.25. The van der Waals surface area contributed by atoms with Crippen LogP contribution in [0.15, 0.2) is 0 Å². The van der Waals surface area contributed by atoms with Crippen LogP contribution in [-0.4, -0.2) is 21.5 Å². The zero-order valence-electron chi connectivity index (χ0n) is 9.49. The molecule has 2 unspecified atom stereocenters. The normalized spacial score (nSPS) is 32.5. The summed E-state index contributed by atoms with van der Waals surface area (Å²) in [6.45, 7) is 1.18. The fraction of sp³-hybridized carbons (Fsp3) is 0.818. The molecule has 2 aliphatic carbocycles. The molecule has 0 aliphatic heterocycles. The van der Waals surface area contributed by atoms with Crippen molar-refractivity contribution in [3.63, 3.8) is 0 Å². The van der Waals surface area contributed by atoms with E-state index in [0.717, 1.165) is 30.6 Å². The summed E-state index contributed by atoms with van der Waals surface area (Å²) in [7, 11) is 2.02. The highest BCUT2D eigenvalue weighted by Crippen LogP contribution is 2.52. The lowest BCUT2D eigenvalue weighted by Crippen LogP contribution is -2.05. The predicted molar refractivity (Wildman–Crippen MR) is 70.1 cm³/mol. The van der Waals surface area contributed by atoms with Crippen molar-refractivity contribution in [2.24, 2.45) is 24.8 Å². The van der Waals surface area contributed by atoms with Crippen LogP contribution in [0, 0.1) is 17.8 Å². The minimum absolute atomic E-state index is 0.916. The van der Waals surface area contributed by atoms with E-state index in [9.17, 15) is 0 Å². The fourth-order valence-corrected chi connectivity index (χ4v) is 3.81. The maximum Gasteiger partial charge on any atom is 0.0859 e. The van der Waals surface area contributed by atoms with E-state index < -0.39 is 0 Å². The van der Waals surface area contributed by atoms with E-state index in [1.54, 1.807) is 0 Å². The average molecular weight is 332 g/mol. The zero-order chi connectivity index (χ0) is 11.1. The second-order valence-electron chi connectivity index (χ2n) is 5.01. The van der Waals surface area contributed by atoms with Gasteiger partial charge in [-0.15, -0.1) is 5.10 Å². The molecule has 16 heavy (non-hydrogen) atoms. The Morgan fingerprint density at radius 1 is 1.38 bits per heavy atom. The average Bonchev–Trinajstić information content (AvgIpc) is 2.76. The highest BCUT2D eigenvalue weighted by Gasteiger charge is 2.49. The third kappa shape index (κ3) is 1.77. The highest BCUT2D eigenvalue weighted by atomic mass is 127. The Bertz CT molecular complexity index is 389. The van der Waals surface area contributed by atoms with Gasteiger partial charge in [0.1, 0.15) is 0 Å². The van der Waals surface area contributed by atoms with E-state index in [2.05, 4.69) is 36.7 Å². The highest BCUT2D eigenvalue weighted by molar-refractivity contribution is 14.1. The molecule has 3 atom stereocenters. The van der Waals surface area contributed by atoms with E-state index in [1.807, 2.05) is 11.7 Å². The van der Waals surface area contributed by atoms with E-state index in [1.165, 1.54) is 30.8 Å². The summed E-state index contributed by atoms with van der Waals surface area (Å²) >= 11 is 2.26. The maximum atomic E-state index is 4.28. The molecule has 0 aromatic carbocycles. The molecule has 0 spiro atoms. The van der Waals surface area contributed by atoms with Crippen LogP contribution in [0.25, 0.3) is 0 Å². The second kappa shape index (κ2) is 4.25. The van der Waals surface area contributed by atoms with Gasteiger partial charge in [0.25, 0.3) is 0 Å². The van der Waals surface area contributed by atoms with E-state index in [-0.39, 0.29) is 0 Å². The summed E-state index contributed by atoms with van der Waals surface area (Å²) in [5.74, 6) is 2.81. The first-order chi connectivity index (χ1) is 7.81. The monoisotopic (exact) mass is 332 g/mol. The molecule has 5 heteroatoms. The minimum Gasteiger partial charge on any atom is -0.261 e. The van der Waals surface area contributed by atoms with Crippen molar-refractivity contribution in [2.45, 2.75) is 25.7 Å². The number of aromatic nitrogens is 3. The van der Waals surface area contributed by atoms with Crippen LogP contribution in [0.4, 0.5) is 0 Å². The van der Waals surface area contributed by atoms with Gasteiger partial charge in [0, 0.05) is 36.5 Å². The number of rotatable bonds is 2. The summed E-state index contributed by atoms with van der Waals surface area (Å²) in [4.78, 5) is 0. The smallest absolute Gasteiger partial charge is 0.0859 e. The molecule has 0 amide bonds. The molecule has 1 saturated carbocycles. The standard InChI is InChI=1S/C11H17IN4/c1-16-11-5-3-8-7(9(8)6-13-12)2-4-10(11)14-15-16/h7-9,13H,2-6H2,1H3/t7-,8?,9?/m1/s1. The summed E-state index contributed by atoms with van der Waals surface area (Å²) in [5, 5.41) is 8.41. The fourth-order valence-electron chi connectivity index (χ4n) is 3.30. The van der Waals surface area contributed by atoms with Crippen LogP contribution in [0.2, 0.25) is 0 Å². The molecule has 4 nitrogen and oxygen atoms in total. The number of hydrogen-bond donors (Lipinski definition) is 1. The Kier molecular flexibility index (Phi) is 2.91. The number of fused-ring (bicyclic) bond motifs is 2. The lowest BCUT2D eigenvalue weighted by atomic mass is 10.0. The molecule has 1 N–H and O–H groups in total. The van der Waals surface area contributed by atoms with Crippen molar-refractivity contribution < 1.29 is 0 Å². The van der Waals surface area contributed by atoms with Crippen molar-refractivity contribution in [1.82, 2.24) is 18.5 Å². The largest absolute Gasteiger partial charge is 0.261 e. The molecule has 0 bridgehead atoms. The number of aryl methyl sites for hydroxylation is 2. The van der Waals surface area contributed by atoms with Gasteiger partial charge in [-0.25, -0.2) is 0 Å². The molecule has 88 valence electrons. The SMILES string of the molecule is Cn1nnc2c1CCC1C(CNI)[C@@H]1CC2. The Balaban J connectivity index is 1.73. The van der Waals surface area contributed by atoms with E-state index in [0.29, 0.717) is 0 Å². The van der Waals surface area contributed by atoms with E-state index in [4.69, 9.17) is 0 Å². The second-order valence-corrected chi connectivity index (χ2v) is 5.78. The molecule has 0 saturated heterocycles. The topological polar surface area (TPSA) is 42.7 Å². The molecule has 2 aliphatic rings. The van der Waals surface area contributed by atoms with Gasteiger partial charge >= 0.3 is 0 Å². The summed E-state index contributed by atoms with van der Waals surface area (Å²) in [6.07, 6.45) is 4.92. The first-order valence-corrected chi connectivity index (χ1v) is 7.10. The van der Waals surface area contributed by atoms with Gasteiger partial charge in [0.15, 0.2) is 0 Å². The quantitative estimate of drug-likeness (QED) is 0.659. The lowest BCUT2D eigenvalue weighted by Gasteiger charge is -2.07. The van der Waals surface area contributed by atoms with Crippen LogP contribution < -0.4 is 3.53 Å². The molecular weight excluding hydrogens is 315 g/mol. The van der Waals surface area contributed by atoms with Gasteiger partial charge in [0.05, 0.1) is 11.4 Å². The van der Waals surface area contributed by atoms with Gasteiger partial charge in [-0.1, -0.05) is 5.21 Å². The number of nitrogens with one attached hydrogen (secondary N) is 1. The minimum atomic E-state index is 0.916. The Morgan fingerprint density at radius 3 is 2.88 bits per heavy atom. The Hall–Kier alpha value is -0.170. The van der Waals surface area contributed by atoms with Gasteiger partial charge in [-0.3, -0.25) is 8.21 Å². The number of halogens is 1. The van der Waals surface area contributed by atoms with Crippen molar-refractivity contribution in [3.05, 3.63) is 11.4 Å². The molecule has 1 heterocycles. The lowest BCUT2D eigenvalue weighted by molar-refractivity contribution is 0.566. The first kappa shape index (κ1) is 11.0. The molecule has 1 aromatic heterocycles. The third-order valence-corrected chi connectivity index (χ3v) is 4.71. The van der Waals surface area contributed by atoms with Gasteiger partial charge in [0.2, 0.25) is 0 Å². The van der Waals surface area contributed by atoms with Crippen molar-refractivity contribution in [1.29, 1.82) is 0 Å². The van der Waals surface area contributed by atoms with Crippen molar-refractivity contribution in [2.75, 3.05) is 6.54 Å². The predicted octanol–water partition coefficient (Wildman–Crippen LogP) is 1.50. The van der Waals surface area contributed by atoms with Crippen LogP contribution in [0.3, 0.4) is 0 Å². The molecule has 1 aromatic rings. The van der Waals surface area contributed by atoms with Gasteiger partial charge in [-0.2, -0.15) is 0 Å². The van der Waals surface area contributed by atoms with Gasteiger partial charge in [-0.05, 0) is 43.4 Å². The van der Waals surface area contributed by atoms with Crippen LogP contribution in [-0.2, 0) is 19.9 Å². The Labute approximate surface area is 110 Å². The summed E-state index contributed by atoms with van der Waals surface area (Å²) in [5.41, 5.74) is 2.61. The van der Waals surface area contributed by atoms with Crippen molar-refractivity contribution >= 4 is 22.9 Å². The van der Waals surface area contributed by atoms with Crippen LogP contribution >= 0.6 is 22.9 Å². The first-order valence-electron chi connectivity index (χ1n) is 6.02. The summed E-state index contributed by atoms with van der Waals surface area (Å²) in [6, 6.07) is 0. The number of hydrogen-bond acceptors (Lipinski definition) is 3. The molecule has 1 fully saturated rings. The molecule has 3 rings (SSSR count). The zero-order valence-corrected chi connectivity index (χ0v) is 11.6. The third-order valence-electron chi connectivity index (χ3n) is 4.27. The Morgan fingerprint density at radius 2 is 2.12 bits per heavy atom. The molecule has 0 radical (unpaired) electrons. The van der Waals surface area contributed by atoms with Crippen LogP contribution in [0.5, 0.6) is 0 Å². The van der Waals surface area contributed by atoms with Crippen molar-refractivity contribution in [3.8, 4) is 0 Å². The maximum absolute atomic E-state index is 4.28. The van der Waals surface area contributed by atoms with Gasteiger partial charge < -0.3 is 0 Å². The molecular formula is C11H17IN4. The van der Waals surface area contributed by atoms with Crippen LogP contribution in [0.1, 0.15) is 24.2 Å². The van der Waals surface area contributed by atoms with E-state index >= 15 is 0 Å². The number of nitrogens with zero attached hydrogens (tertiary/aromatic N) is 3.